The molecule has 0 bridgehead atoms. The maximum atomic E-state index is 13.1. The zero-order chi connectivity index (χ0) is 22.5. The standard InChI is InChI=1S/C23H30N8O/c1-4-29(5-2)19-8-9-20(17(3)11-19)28-23(32)18-7-6-10-30(13-18)21-12-22(26-15-25-21)31-16-24-14-27-31/h8-9,11-12,14-16,18H,4-7,10,13H2,1-3H3,(H,28,32). The van der Waals surface area contributed by atoms with E-state index in [-0.39, 0.29) is 11.8 Å². The van der Waals surface area contributed by atoms with Crippen LogP contribution in [0.25, 0.3) is 5.82 Å². The highest BCUT2D eigenvalue weighted by Gasteiger charge is 2.27. The summed E-state index contributed by atoms with van der Waals surface area (Å²) < 4.78 is 1.60. The monoisotopic (exact) mass is 434 g/mol. The molecular formula is C23H30N8O. The van der Waals surface area contributed by atoms with Crippen LogP contribution in [-0.4, -0.2) is 56.8 Å². The number of aryl methyl sites for hydroxylation is 1. The highest BCUT2D eigenvalue weighted by Crippen LogP contribution is 2.26. The van der Waals surface area contributed by atoms with Crippen LogP contribution in [0.4, 0.5) is 17.2 Å². The number of anilines is 3. The highest BCUT2D eigenvalue weighted by atomic mass is 16.1. The molecule has 0 saturated carbocycles. The third kappa shape index (κ3) is 4.71. The lowest BCUT2D eigenvalue weighted by Gasteiger charge is -2.33. The summed E-state index contributed by atoms with van der Waals surface area (Å²) >= 11 is 0. The van der Waals surface area contributed by atoms with Crippen molar-refractivity contribution in [1.82, 2.24) is 24.7 Å². The molecule has 9 heteroatoms. The van der Waals surface area contributed by atoms with Crippen molar-refractivity contribution in [2.75, 3.05) is 41.3 Å². The van der Waals surface area contributed by atoms with Crippen LogP contribution >= 0.6 is 0 Å². The van der Waals surface area contributed by atoms with Gasteiger partial charge in [0.25, 0.3) is 0 Å². The molecule has 1 unspecified atom stereocenters. The third-order valence-electron chi connectivity index (χ3n) is 6.00. The number of aromatic nitrogens is 5. The number of amides is 1. The molecule has 0 spiro atoms. The van der Waals surface area contributed by atoms with E-state index < -0.39 is 0 Å². The van der Waals surface area contributed by atoms with Crippen LogP contribution in [0.3, 0.4) is 0 Å². The molecule has 3 heterocycles. The minimum absolute atomic E-state index is 0.0546. The minimum atomic E-state index is -0.101. The first-order valence-corrected chi connectivity index (χ1v) is 11.2. The molecule has 32 heavy (non-hydrogen) atoms. The number of carbonyl (C=O) groups excluding carboxylic acids is 1. The molecule has 1 aromatic carbocycles. The lowest BCUT2D eigenvalue weighted by molar-refractivity contribution is -0.120. The number of carbonyl (C=O) groups is 1. The van der Waals surface area contributed by atoms with Crippen LogP contribution in [0.5, 0.6) is 0 Å². The molecule has 168 valence electrons. The molecule has 3 aromatic rings. The fourth-order valence-corrected chi connectivity index (χ4v) is 4.17. The highest BCUT2D eigenvalue weighted by molar-refractivity contribution is 5.94. The second kappa shape index (κ2) is 9.76. The summed E-state index contributed by atoms with van der Waals surface area (Å²) in [5.41, 5.74) is 3.13. The van der Waals surface area contributed by atoms with Crippen molar-refractivity contribution in [3.05, 3.63) is 48.8 Å². The van der Waals surface area contributed by atoms with Gasteiger partial charge in [0.15, 0.2) is 5.82 Å². The second-order valence-corrected chi connectivity index (χ2v) is 8.02. The zero-order valence-corrected chi connectivity index (χ0v) is 18.9. The average Bonchev–Trinajstić information content (AvgIpc) is 3.37. The number of hydrogen-bond donors (Lipinski definition) is 1. The van der Waals surface area contributed by atoms with Crippen molar-refractivity contribution >= 4 is 23.1 Å². The normalized spacial score (nSPS) is 16.1. The van der Waals surface area contributed by atoms with Gasteiger partial charge in [0, 0.05) is 43.6 Å². The van der Waals surface area contributed by atoms with Gasteiger partial charge in [0.2, 0.25) is 5.91 Å². The van der Waals surface area contributed by atoms with Gasteiger partial charge in [-0.3, -0.25) is 4.79 Å². The van der Waals surface area contributed by atoms with Crippen molar-refractivity contribution in [2.45, 2.75) is 33.6 Å². The number of rotatable bonds is 7. The van der Waals surface area contributed by atoms with Crippen LogP contribution in [0.15, 0.2) is 43.2 Å². The largest absolute Gasteiger partial charge is 0.372 e. The Morgan fingerprint density at radius 1 is 1.16 bits per heavy atom. The number of piperidine rings is 1. The first kappa shape index (κ1) is 21.7. The molecule has 0 radical (unpaired) electrons. The Morgan fingerprint density at radius 2 is 1.97 bits per heavy atom. The van der Waals surface area contributed by atoms with Gasteiger partial charge in [0.1, 0.15) is 24.8 Å². The van der Waals surface area contributed by atoms with Gasteiger partial charge in [-0.1, -0.05) is 0 Å². The molecule has 4 rings (SSSR count). The molecule has 1 aliphatic heterocycles. The maximum Gasteiger partial charge on any atom is 0.229 e. The maximum absolute atomic E-state index is 13.1. The van der Waals surface area contributed by atoms with E-state index in [0.717, 1.165) is 49.5 Å². The quantitative estimate of drug-likeness (QED) is 0.611. The van der Waals surface area contributed by atoms with Gasteiger partial charge in [-0.2, -0.15) is 5.10 Å². The summed E-state index contributed by atoms with van der Waals surface area (Å²) in [7, 11) is 0. The van der Waals surface area contributed by atoms with E-state index in [1.54, 1.807) is 11.0 Å². The molecule has 1 fully saturated rings. The van der Waals surface area contributed by atoms with Crippen molar-refractivity contribution in [1.29, 1.82) is 0 Å². The summed E-state index contributed by atoms with van der Waals surface area (Å²) in [6, 6.07) is 8.11. The number of hydrogen-bond acceptors (Lipinski definition) is 7. The van der Waals surface area contributed by atoms with E-state index in [4.69, 9.17) is 0 Å². The van der Waals surface area contributed by atoms with Crippen LogP contribution < -0.4 is 15.1 Å². The van der Waals surface area contributed by atoms with E-state index in [9.17, 15) is 4.79 Å². The second-order valence-electron chi connectivity index (χ2n) is 8.02. The Hall–Kier alpha value is -3.49. The summed E-state index contributed by atoms with van der Waals surface area (Å²) in [5, 5.41) is 7.28. The lowest BCUT2D eigenvalue weighted by Crippen LogP contribution is -2.41. The van der Waals surface area contributed by atoms with Crippen LogP contribution in [0.1, 0.15) is 32.3 Å². The van der Waals surface area contributed by atoms with Crippen LogP contribution in [0, 0.1) is 12.8 Å². The van der Waals surface area contributed by atoms with E-state index in [1.807, 2.05) is 19.1 Å². The fourth-order valence-electron chi connectivity index (χ4n) is 4.17. The predicted molar refractivity (Wildman–Crippen MR) is 125 cm³/mol. The first-order chi connectivity index (χ1) is 15.6. The molecule has 2 aromatic heterocycles. The minimum Gasteiger partial charge on any atom is -0.372 e. The lowest BCUT2D eigenvalue weighted by atomic mass is 9.96. The number of nitrogens with one attached hydrogen (secondary N) is 1. The molecule has 1 aliphatic rings. The smallest absolute Gasteiger partial charge is 0.229 e. The molecule has 1 atom stereocenters. The Morgan fingerprint density at radius 3 is 2.69 bits per heavy atom. The molecule has 9 nitrogen and oxygen atoms in total. The van der Waals surface area contributed by atoms with E-state index in [0.29, 0.717) is 12.4 Å². The SMILES string of the molecule is CCN(CC)c1ccc(NC(=O)C2CCCN(c3cc(-n4cncn4)ncn3)C2)c(C)c1. The average molecular weight is 435 g/mol. The van der Waals surface area contributed by atoms with Gasteiger partial charge in [0.05, 0.1) is 5.92 Å². The Kier molecular flexibility index (Phi) is 6.63. The van der Waals surface area contributed by atoms with Gasteiger partial charge in [-0.15, -0.1) is 0 Å². The van der Waals surface area contributed by atoms with Crippen LogP contribution in [-0.2, 0) is 4.79 Å². The third-order valence-corrected chi connectivity index (χ3v) is 6.00. The molecular weight excluding hydrogens is 404 g/mol. The summed E-state index contributed by atoms with van der Waals surface area (Å²) in [4.78, 5) is 30.2. The molecule has 0 aliphatic carbocycles. The number of benzene rings is 1. The van der Waals surface area contributed by atoms with E-state index in [1.165, 1.54) is 18.3 Å². The molecule has 1 saturated heterocycles. The summed E-state index contributed by atoms with van der Waals surface area (Å²) in [5.74, 6) is 1.40. The summed E-state index contributed by atoms with van der Waals surface area (Å²) in [6.45, 7) is 9.74. The first-order valence-electron chi connectivity index (χ1n) is 11.2. The topological polar surface area (TPSA) is 92.1 Å². The fraction of sp³-hybridized carbons (Fsp3) is 0.435. The van der Waals surface area contributed by atoms with Crippen molar-refractivity contribution in [3.63, 3.8) is 0 Å². The zero-order valence-electron chi connectivity index (χ0n) is 18.9. The van der Waals surface area contributed by atoms with Gasteiger partial charge < -0.3 is 15.1 Å². The molecule has 1 N–H and O–H groups in total. The Bertz CT molecular complexity index is 1050. The summed E-state index contributed by atoms with van der Waals surface area (Å²) in [6.07, 6.45) is 6.39. The predicted octanol–water partition coefficient (Wildman–Crippen LogP) is 3.07. The van der Waals surface area contributed by atoms with Gasteiger partial charge >= 0.3 is 0 Å². The van der Waals surface area contributed by atoms with Crippen LogP contribution in [0.2, 0.25) is 0 Å². The number of nitrogens with zero attached hydrogens (tertiary/aromatic N) is 7. The van der Waals surface area contributed by atoms with E-state index >= 15 is 0 Å². The Labute approximate surface area is 188 Å². The van der Waals surface area contributed by atoms with Crippen molar-refractivity contribution in [2.24, 2.45) is 5.92 Å². The Balaban J connectivity index is 1.44. The van der Waals surface area contributed by atoms with Gasteiger partial charge in [-0.25, -0.2) is 19.6 Å². The molecule has 1 amide bonds. The van der Waals surface area contributed by atoms with E-state index in [2.05, 4.69) is 61.1 Å². The van der Waals surface area contributed by atoms with Crippen molar-refractivity contribution < 1.29 is 4.79 Å². The van der Waals surface area contributed by atoms with Crippen molar-refractivity contribution in [3.8, 4) is 5.82 Å². The van der Waals surface area contributed by atoms with Gasteiger partial charge in [-0.05, 0) is 57.4 Å².